The molecular formula is C18H19N3O3. The number of fused-ring (bicyclic) bond motifs is 1. The lowest BCUT2D eigenvalue weighted by atomic mass is 10.2. The first kappa shape index (κ1) is 16.0. The van der Waals surface area contributed by atoms with Gasteiger partial charge >= 0.3 is 0 Å². The highest BCUT2D eigenvalue weighted by atomic mass is 16.5. The molecule has 0 fully saturated rings. The van der Waals surface area contributed by atoms with Crippen LogP contribution < -0.4 is 10.1 Å². The molecule has 1 aromatic carbocycles. The van der Waals surface area contributed by atoms with Gasteiger partial charge in [0.2, 0.25) is 0 Å². The maximum absolute atomic E-state index is 12.2. The molecule has 1 unspecified atom stereocenters. The largest absolute Gasteiger partial charge is 0.491 e. The van der Waals surface area contributed by atoms with Crippen LogP contribution in [0, 0.1) is 6.92 Å². The summed E-state index contributed by atoms with van der Waals surface area (Å²) in [7, 11) is 0. The number of aryl methyl sites for hydroxylation is 1. The van der Waals surface area contributed by atoms with Crippen LogP contribution in [0.3, 0.4) is 0 Å². The number of ether oxygens (including phenoxy) is 1. The normalized spacial score (nSPS) is 12.1. The zero-order chi connectivity index (χ0) is 16.9. The highest BCUT2D eigenvalue weighted by molar-refractivity contribution is 5.93. The number of amides is 1. The Kier molecular flexibility index (Phi) is 4.77. The van der Waals surface area contributed by atoms with Crippen LogP contribution in [0.5, 0.6) is 5.75 Å². The van der Waals surface area contributed by atoms with Gasteiger partial charge in [0.15, 0.2) is 0 Å². The van der Waals surface area contributed by atoms with Crippen LogP contribution in [0.2, 0.25) is 0 Å². The first-order valence-corrected chi connectivity index (χ1v) is 7.72. The Hall–Kier alpha value is -2.86. The van der Waals surface area contributed by atoms with E-state index >= 15 is 0 Å². The van der Waals surface area contributed by atoms with Crippen LogP contribution >= 0.6 is 0 Å². The zero-order valence-electron chi connectivity index (χ0n) is 13.3. The van der Waals surface area contributed by atoms with Gasteiger partial charge in [0, 0.05) is 12.7 Å². The van der Waals surface area contributed by atoms with Crippen molar-refractivity contribution >= 4 is 11.4 Å². The molecule has 0 aliphatic carbocycles. The van der Waals surface area contributed by atoms with Crippen molar-refractivity contribution in [3.63, 3.8) is 0 Å². The molecule has 124 valence electrons. The predicted molar refractivity (Wildman–Crippen MR) is 90.2 cm³/mol. The smallest absolute Gasteiger partial charge is 0.270 e. The van der Waals surface area contributed by atoms with Gasteiger partial charge in [-0.3, -0.25) is 4.79 Å². The van der Waals surface area contributed by atoms with Gasteiger partial charge in [-0.1, -0.05) is 12.1 Å². The molecule has 3 aromatic rings. The highest BCUT2D eigenvalue weighted by Gasteiger charge is 2.13. The maximum atomic E-state index is 12.2. The topological polar surface area (TPSA) is 75.9 Å². The van der Waals surface area contributed by atoms with Crippen LogP contribution in [-0.4, -0.2) is 39.9 Å². The lowest BCUT2D eigenvalue weighted by Gasteiger charge is -2.13. The van der Waals surface area contributed by atoms with Crippen molar-refractivity contribution in [2.24, 2.45) is 0 Å². The molecule has 0 aliphatic heterocycles. The minimum absolute atomic E-state index is 0.102. The summed E-state index contributed by atoms with van der Waals surface area (Å²) in [5.41, 5.74) is 2.35. The van der Waals surface area contributed by atoms with Gasteiger partial charge in [-0.05, 0) is 48.9 Å². The summed E-state index contributed by atoms with van der Waals surface area (Å²) in [4.78, 5) is 12.2. The number of nitrogens with one attached hydrogen (secondary N) is 1. The van der Waals surface area contributed by atoms with Crippen LogP contribution in [0.4, 0.5) is 0 Å². The lowest BCUT2D eigenvalue weighted by molar-refractivity contribution is 0.0838. The minimum atomic E-state index is -0.798. The summed E-state index contributed by atoms with van der Waals surface area (Å²) in [5, 5.41) is 16.8. The molecule has 2 N–H and O–H groups in total. The average molecular weight is 325 g/mol. The second kappa shape index (κ2) is 7.14. The van der Waals surface area contributed by atoms with Gasteiger partial charge in [-0.2, -0.15) is 5.10 Å². The number of aliphatic hydroxyl groups excluding tert-OH is 1. The molecule has 1 amide bonds. The van der Waals surface area contributed by atoms with Crippen LogP contribution in [-0.2, 0) is 0 Å². The van der Waals surface area contributed by atoms with E-state index in [1.807, 2.05) is 49.4 Å². The van der Waals surface area contributed by atoms with Crippen molar-refractivity contribution in [3.8, 4) is 5.75 Å². The minimum Gasteiger partial charge on any atom is -0.491 e. The standard InChI is InChI=1S/C18H19N3O3/c1-13-4-2-6-16(10-13)24-12-15(22)11-19-18(23)17-8-7-14-5-3-9-20-21(14)17/h2-10,15,22H,11-12H2,1H3,(H,19,23). The SMILES string of the molecule is Cc1cccc(OCC(O)CNC(=O)c2ccc3cccnn23)c1. The maximum Gasteiger partial charge on any atom is 0.270 e. The first-order chi connectivity index (χ1) is 11.6. The van der Waals surface area contributed by atoms with Gasteiger partial charge in [0.25, 0.3) is 5.91 Å². The van der Waals surface area contributed by atoms with Crippen molar-refractivity contribution in [1.29, 1.82) is 0 Å². The number of aromatic nitrogens is 2. The molecule has 0 aliphatic rings. The van der Waals surface area contributed by atoms with Crippen molar-refractivity contribution in [1.82, 2.24) is 14.9 Å². The first-order valence-electron chi connectivity index (χ1n) is 7.72. The van der Waals surface area contributed by atoms with Crippen molar-refractivity contribution < 1.29 is 14.6 Å². The van der Waals surface area contributed by atoms with Gasteiger partial charge in [-0.15, -0.1) is 0 Å². The third kappa shape index (κ3) is 3.72. The highest BCUT2D eigenvalue weighted by Crippen LogP contribution is 2.12. The molecule has 1 atom stereocenters. The summed E-state index contributed by atoms with van der Waals surface area (Å²) in [6.45, 7) is 2.18. The molecular weight excluding hydrogens is 306 g/mol. The molecule has 2 aromatic heterocycles. The second-order valence-corrected chi connectivity index (χ2v) is 5.57. The Morgan fingerprint density at radius 3 is 3.00 bits per heavy atom. The lowest BCUT2D eigenvalue weighted by Crippen LogP contribution is -2.35. The summed E-state index contributed by atoms with van der Waals surface area (Å²) < 4.78 is 7.08. The van der Waals surface area contributed by atoms with Crippen LogP contribution in [0.1, 0.15) is 16.1 Å². The molecule has 0 radical (unpaired) electrons. The van der Waals surface area contributed by atoms with E-state index in [0.29, 0.717) is 11.4 Å². The quantitative estimate of drug-likeness (QED) is 0.725. The van der Waals surface area contributed by atoms with E-state index in [1.165, 1.54) is 0 Å². The fraction of sp³-hybridized carbons (Fsp3) is 0.222. The van der Waals surface area contributed by atoms with E-state index in [2.05, 4.69) is 10.4 Å². The van der Waals surface area contributed by atoms with E-state index in [9.17, 15) is 9.90 Å². The number of hydrogen-bond donors (Lipinski definition) is 2. The number of hydrogen-bond acceptors (Lipinski definition) is 4. The fourth-order valence-corrected chi connectivity index (χ4v) is 2.38. The van der Waals surface area contributed by atoms with Crippen molar-refractivity contribution in [2.45, 2.75) is 13.0 Å². The third-order valence-corrected chi connectivity index (χ3v) is 3.58. The van der Waals surface area contributed by atoms with Crippen LogP contribution in [0.15, 0.2) is 54.7 Å². The molecule has 6 nitrogen and oxygen atoms in total. The Morgan fingerprint density at radius 2 is 2.17 bits per heavy atom. The summed E-state index contributed by atoms with van der Waals surface area (Å²) in [6, 6.07) is 14.8. The zero-order valence-corrected chi connectivity index (χ0v) is 13.3. The molecule has 3 rings (SSSR count). The molecule has 0 bridgehead atoms. The number of aliphatic hydroxyl groups is 1. The average Bonchev–Trinajstić information content (AvgIpc) is 3.02. The second-order valence-electron chi connectivity index (χ2n) is 5.57. The van der Waals surface area contributed by atoms with E-state index in [1.54, 1.807) is 16.8 Å². The van der Waals surface area contributed by atoms with E-state index < -0.39 is 6.10 Å². The monoisotopic (exact) mass is 325 g/mol. The number of nitrogens with zero attached hydrogens (tertiary/aromatic N) is 2. The Bertz CT molecular complexity index is 844. The van der Waals surface area contributed by atoms with Crippen molar-refractivity contribution in [3.05, 3.63) is 66.0 Å². The molecule has 0 spiro atoms. The fourth-order valence-electron chi connectivity index (χ4n) is 2.38. The Morgan fingerprint density at radius 1 is 1.29 bits per heavy atom. The number of carbonyl (C=O) groups excluding carboxylic acids is 1. The summed E-state index contributed by atoms with van der Waals surface area (Å²) >= 11 is 0. The van der Waals surface area contributed by atoms with E-state index in [0.717, 1.165) is 11.1 Å². The van der Waals surface area contributed by atoms with Gasteiger partial charge < -0.3 is 15.2 Å². The number of benzene rings is 1. The molecule has 2 heterocycles. The van der Waals surface area contributed by atoms with Crippen LogP contribution in [0.25, 0.3) is 5.52 Å². The third-order valence-electron chi connectivity index (χ3n) is 3.58. The molecule has 24 heavy (non-hydrogen) atoms. The summed E-state index contributed by atoms with van der Waals surface area (Å²) in [6.07, 6.45) is 0.822. The Labute approximate surface area is 139 Å². The van der Waals surface area contributed by atoms with E-state index in [-0.39, 0.29) is 19.1 Å². The molecule has 0 saturated heterocycles. The van der Waals surface area contributed by atoms with Gasteiger partial charge in [0.05, 0.1) is 5.52 Å². The summed E-state index contributed by atoms with van der Waals surface area (Å²) in [5.74, 6) is 0.408. The number of carbonyl (C=O) groups is 1. The van der Waals surface area contributed by atoms with E-state index in [4.69, 9.17) is 4.74 Å². The molecule has 0 saturated carbocycles. The van der Waals surface area contributed by atoms with Crippen molar-refractivity contribution in [2.75, 3.05) is 13.2 Å². The number of rotatable bonds is 6. The van der Waals surface area contributed by atoms with Gasteiger partial charge in [-0.25, -0.2) is 4.52 Å². The predicted octanol–water partition coefficient (Wildman–Crippen LogP) is 1.81. The Balaban J connectivity index is 1.52. The molecule has 6 heteroatoms. The van der Waals surface area contributed by atoms with Gasteiger partial charge in [0.1, 0.15) is 24.2 Å².